The van der Waals surface area contributed by atoms with E-state index >= 15 is 0 Å². The van der Waals surface area contributed by atoms with Crippen molar-refractivity contribution in [2.45, 2.75) is 6.92 Å². The van der Waals surface area contributed by atoms with Crippen LogP contribution in [0.3, 0.4) is 0 Å². The fourth-order valence-corrected chi connectivity index (χ4v) is 1.23. The fourth-order valence-electron chi connectivity index (χ4n) is 1.23. The molecular formula is C11H19N3O4. The number of nitrogens with zero attached hydrogens (tertiary/aromatic N) is 1. The predicted molar refractivity (Wildman–Crippen MR) is 66.0 cm³/mol. The molecule has 0 saturated carbocycles. The first-order valence-electron chi connectivity index (χ1n) is 5.46. The van der Waals surface area contributed by atoms with Gasteiger partial charge in [-0.1, -0.05) is 13.0 Å². The fraction of sp³-hybridized carbons (Fsp3) is 0.545. The normalized spacial score (nSPS) is 11.7. The summed E-state index contributed by atoms with van der Waals surface area (Å²) in [5, 5.41) is 13.2. The molecule has 0 saturated heterocycles. The van der Waals surface area contributed by atoms with Crippen molar-refractivity contribution in [3.8, 4) is 0 Å². The van der Waals surface area contributed by atoms with Gasteiger partial charge in [-0.2, -0.15) is 0 Å². The number of carbonyl (C=O) groups excluding carboxylic acids is 2. The summed E-state index contributed by atoms with van der Waals surface area (Å²) in [7, 11) is 1.61. The van der Waals surface area contributed by atoms with Crippen molar-refractivity contribution in [1.82, 2.24) is 15.5 Å². The summed E-state index contributed by atoms with van der Waals surface area (Å²) >= 11 is 0. The van der Waals surface area contributed by atoms with Crippen LogP contribution < -0.4 is 10.6 Å². The molecule has 0 fully saturated rings. The van der Waals surface area contributed by atoms with Gasteiger partial charge < -0.3 is 10.4 Å². The third-order valence-corrected chi connectivity index (χ3v) is 2.08. The van der Waals surface area contributed by atoms with E-state index in [1.807, 2.05) is 0 Å². The molecule has 0 aliphatic rings. The molecular weight excluding hydrogens is 238 g/mol. The standard InChI is InChI=1S/C11H19N3O4/c1-4-5-12-11(18)13-9(15)7-14(3)6-8(2)10(16)17/h4,8H,1,5-7H2,2-3H3,(H,16,17)(H2,12,13,15,18). The number of carboxylic acids is 1. The molecule has 1 unspecified atom stereocenters. The van der Waals surface area contributed by atoms with Crippen LogP contribution in [0.4, 0.5) is 4.79 Å². The SMILES string of the molecule is C=CCNC(=O)NC(=O)CN(C)CC(C)C(=O)O. The summed E-state index contributed by atoms with van der Waals surface area (Å²) in [4.78, 5) is 34.7. The minimum Gasteiger partial charge on any atom is -0.481 e. The molecule has 3 amide bonds. The molecule has 102 valence electrons. The highest BCUT2D eigenvalue weighted by atomic mass is 16.4. The third kappa shape index (κ3) is 7.39. The van der Waals surface area contributed by atoms with Gasteiger partial charge in [-0.05, 0) is 7.05 Å². The van der Waals surface area contributed by atoms with E-state index in [2.05, 4.69) is 17.2 Å². The largest absolute Gasteiger partial charge is 0.481 e. The van der Waals surface area contributed by atoms with Crippen LogP contribution in [0.25, 0.3) is 0 Å². The van der Waals surface area contributed by atoms with E-state index in [1.54, 1.807) is 14.0 Å². The molecule has 0 radical (unpaired) electrons. The van der Waals surface area contributed by atoms with Crippen LogP contribution in [0.5, 0.6) is 0 Å². The van der Waals surface area contributed by atoms with Crippen LogP contribution in [-0.2, 0) is 9.59 Å². The molecule has 0 rings (SSSR count). The molecule has 7 heteroatoms. The van der Waals surface area contributed by atoms with Gasteiger partial charge in [0.05, 0.1) is 12.5 Å². The van der Waals surface area contributed by atoms with Gasteiger partial charge in [0.2, 0.25) is 5.91 Å². The summed E-state index contributed by atoms with van der Waals surface area (Å²) in [6.45, 7) is 5.43. The second-order valence-corrected chi connectivity index (χ2v) is 3.98. The average Bonchev–Trinajstić information content (AvgIpc) is 2.25. The quantitative estimate of drug-likeness (QED) is 0.541. The van der Waals surface area contributed by atoms with Crippen LogP contribution in [0.2, 0.25) is 0 Å². The van der Waals surface area contributed by atoms with Crippen molar-refractivity contribution in [2.24, 2.45) is 5.92 Å². The van der Waals surface area contributed by atoms with Crippen molar-refractivity contribution < 1.29 is 19.5 Å². The van der Waals surface area contributed by atoms with Gasteiger partial charge >= 0.3 is 12.0 Å². The average molecular weight is 257 g/mol. The maximum absolute atomic E-state index is 11.4. The maximum Gasteiger partial charge on any atom is 0.321 e. The summed E-state index contributed by atoms with van der Waals surface area (Å²) in [5.74, 6) is -1.99. The van der Waals surface area contributed by atoms with Gasteiger partial charge in [0, 0.05) is 13.1 Å². The highest BCUT2D eigenvalue weighted by molar-refractivity contribution is 5.95. The highest BCUT2D eigenvalue weighted by Crippen LogP contribution is 1.97. The Kier molecular flexibility index (Phi) is 7.37. The summed E-state index contributed by atoms with van der Waals surface area (Å²) in [6, 6.07) is -0.598. The summed E-state index contributed by atoms with van der Waals surface area (Å²) in [6.07, 6.45) is 1.49. The molecule has 3 N–H and O–H groups in total. The molecule has 1 atom stereocenters. The smallest absolute Gasteiger partial charge is 0.321 e. The van der Waals surface area contributed by atoms with E-state index in [1.165, 1.54) is 11.0 Å². The molecule has 7 nitrogen and oxygen atoms in total. The van der Waals surface area contributed by atoms with Crippen LogP contribution in [-0.4, -0.2) is 54.6 Å². The Morgan fingerprint density at radius 2 is 2.06 bits per heavy atom. The van der Waals surface area contributed by atoms with Crippen molar-refractivity contribution in [2.75, 3.05) is 26.7 Å². The zero-order chi connectivity index (χ0) is 14.1. The number of imide groups is 1. The van der Waals surface area contributed by atoms with Crippen molar-refractivity contribution >= 4 is 17.9 Å². The maximum atomic E-state index is 11.4. The molecule has 0 aromatic heterocycles. The number of rotatable bonds is 7. The second-order valence-electron chi connectivity index (χ2n) is 3.98. The van der Waals surface area contributed by atoms with Gasteiger partial charge in [0.15, 0.2) is 0 Å². The molecule has 0 aromatic rings. The number of amides is 3. The minimum absolute atomic E-state index is 0.0425. The molecule has 0 spiro atoms. The van der Waals surface area contributed by atoms with E-state index in [-0.39, 0.29) is 19.6 Å². The number of carboxylic acid groups (broad SMARTS) is 1. The lowest BCUT2D eigenvalue weighted by molar-refractivity contribution is -0.142. The Bertz CT molecular complexity index is 330. The summed E-state index contributed by atoms with van der Waals surface area (Å²) < 4.78 is 0. The van der Waals surface area contributed by atoms with Gasteiger partial charge in [-0.15, -0.1) is 6.58 Å². The van der Waals surface area contributed by atoms with E-state index in [9.17, 15) is 14.4 Å². The monoisotopic (exact) mass is 257 g/mol. The zero-order valence-electron chi connectivity index (χ0n) is 10.6. The lowest BCUT2D eigenvalue weighted by Crippen LogP contribution is -2.44. The Morgan fingerprint density at radius 1 is 1.44 bits per heavy atom. The highest BCUT2D eigenvalue weighted by Gasteiger charge is 2.16. The van der Waals surface area contributed by atoms with E-state index < -0.39 is 23.8 Å². The Balaban J connectivity index is 3.96. The number of likely N-dealkylation sites (N-methyl/N-ethyl adjacent to an activating group) is 1. The topological polar surface area (TPSA) is 98.7 Å². The summed E-state index contributed by atoms with van der Waals surface area (Å²) in [5.41, 5.74) is 0. The van der Waals surface area contributed by atoms with Gasteiger partial charge in [-0.25, -0.2) is 4.79 Å². The molecule has 0 heterocycles. The van der Waals surface area contributed by atoms with Crippen LogP contribution >= 0.6 is 0 Å². The lowest BCUT2D eigenvalue weighted by Gasteiger charge is -2.18. The number of nitrogens with one attached hydrogen (secondary N) is 2. The second kappa shape index (κ2) is 8.24. The number of hydrogen-bond acceptors (Lipinski definition) is 4. The predicted octanol–water partition coefficient (Wildman–Crippen LogP) is -0.349. The third-order valence-electron chi connectivity index (χ3n) is 2.08. The van der Waals surface area contributed by atoms with Gasteiger partial charge in [0.25, 0.3) is 0 Å². The van der Waals surface area contributed by atoms with Crippen LogP contribution in [0.15, 0.2) is 12.7 Å². The first-order chi connectivity index (χ1) is 8.36. The molecule has 0 bridgehead atoms. The number of aliphatic carboxylic acids is 1. The lowest BCUT2D eigenvalue weighted by atomic mass is 10.2. The van der Waals surface area contributed by atoms with Gasteiger partial charge in [-0.3, -0.25) is 19.8 Å². The van der Waals surface area contributed by atoms with E-state index in [4.69, 9.17) is 5.11 Å². The number of hydrogen-bond donors (Lipinski definition) is 3. The first-order valence-corrected chi connectivity index (χ1v) is 5.46. The van der Waals surface area contributed by atoms with Crippen molar-refractivity contribution in [3.05, 3.63) is 12.7 Å². The molecule has 0 aliphatic heterocycles. The number of carbonyl (C=O) groups is 3. The van der Waals surface area contributed by atoms with Crippen molar-refractivity contribution in [3.63, 3.8) is 0 Å². The van der Waals surface area contributed by atoms with E-state index in [0.29, 0.717) is 0 Å². The first kappa shape index (κ1) is 16.1. The van der Waals surface area contributed by atoms with Crippen LogP contribution in [0, 0.1) is 5.92 Å². The molecule has 0 aromatic carbocycles. The Hall–Kier alpha value is -1.89. The number of urea groups is 1. The molecule has 18 heavy (non-hydrogen) atoms. The zero-order valence-corrected chi connectivity index (χ0v) is 10.6. The Morgan fingerprint density at radius 3 is 2.56 bits per heavy atom. The minimum atomic E-state index is -0.925. The van der Waals surface area contributed by atoms with E-state index in [0.717, 1.165) is 0 Å². The Labute approximate surface area is 106 Å². The van der Waals surface area contributed by atoms with Crippen LogP contribution in [0.1, 0.15) is 6.92 Å². The van der Waals surface area contributed by atoms with Crippen molar-refractivity contribution in [1.29, 1.82) is 0 Å². The van der Waals surface area contributed by atoms with Gasteiger partial charge in [0.1, 0.15) is 0 Å². The molecule has 0 aliphatic carbocycles.